The molecule has 132 valence electrons. The molecule has 2 aliphatic heterocycles. The molecule has 3 nitrogen and oxygen atoms in total. The van der Waals surface area contributed by atoms with Crippen molar-refractivity contribution < 1.29 is 4.74 Å². The van der Waals surface area contributed by atoms with Crippen molar-refractivity contribution in [1.82, 2.24) is 9.80 Å². The molecule has 0 amide bonds. The summed E-state index contributed by atoms with van der Waals surface area (Å²) in [5.41, 5.74) is 5.95. The summed E-state index contributed by atoms with van der Waals surface area (Å²) in [6, 6.07) is 0. The van der Waals surface area contributed by atoms with Crippen molar-refractivity contribution in [1.29, 1.82) is 0 Å². The lowest BCUT2D eigenvalue weighted by molar-refractivity contribution is 0.0403. The van der Waals surface area contributed by atoms with Crippen molar-refractivity contribution in [2.75, 3.05) is 32.8 Å². The molecule has 0 N–H and O–H groups in total. The van der Waals surface area contributed by atoms with Gasteiger partial charge < -0.3 is 9.64 Å². The molecule has 1 aliphatic carbocycles. The molecule has 0 unspecified atom stereocenters. The van der Waals surface area contributed by atoms with E-state index in [1.165, 1.54) is 22.4 Å². The van der Waals surface area contributed by atoms with Crippen LogP contribution in [0.1, 0.15) is 19.8 Å². The highest BCUT2D eigenvalue weighted by Gasteiger charge is 2.20. The minimum atomic E-state index is 0.806. The van der Waals surface area contributed by atoms with Crippen molar-refractivity contribution in [3.05, 3.63) is 83.9 Å². The number of morpholine rings is 1. The Balaban J connectivity index is 1.88. The fraction of sp³-hybridized carbons (Fsp3) is 0.364. The summed E-state index contributed by atoms with van der Waals surface area (Å²) in [6.07, 6.45) is 17.4. The van der Waals surface area contributed by atoms with Gasteiger partial charge in [0.2, 0.25) is 0 Å². The molecule has 0 spiro atoms. The largest absolute Gasteiger partial charge is 0.379 e. The second-order valence-corrected chi connectivity index (χ2v) is 6.64. The fourth-order valence-electron chi connectivity index (χ4n) is 3.26. The van der Waals surface area contributed by atoms with Crippen LogP contribution in [0.3, 0.4) is 0 Å². The zero-order valence-electron chi connectivity index (χ0n) is 15.2. The highest BCUT2D eigenvalue weighted by molar-refractivity contribution is 5.52. The molecular formula is C22H28N2O. The van der Waals surface area contributed by atoms with E-state index in [-0.39, 0.29) is 0 Å². The molecule has 3 heteroatoms. The molecule has 0 bridgehead atoms. The van der Waals surface area contributed by atoms with E-state index in [0.717, 1.165) is 51.4 Å². The maximum atomic E-state index is 5.48. The topological polar surface area (TPSA) is 15.7 Å². The lowest BCUT2D eigenvalue weighted by Gasteiger charge is -2.34. The molecular weight excluding hydrogens is 308 g/mol. The van der Waals surface area contributed by atoms with Gasteiger partial charge in [0, 0.05) is 37.2 Å². The molecule has 3 aliphatic rings. The Morgan fingerprint density at radius 1 is 1.16 bits per heavy atom. The van der Waals surface area contributed by atoms with Gasteiger partial charge in [0.15, 0.2) is 0 Å². The number of hydrogen-bond donors (Lipinski definition) is 0. The van der Waals surface area contributed by atoms with E-state index >= 15 is 0 Å². The van der Waals surface area contributed by atoms with Gasteiger partial charge in [-0.2, -0.15) is 0 Å². The van der Waals surface area contributed by atoms with Gasteiger partial charge in [-0.1, -0.05) is 43.5 Å². The summed E-state index contributed by atoms with van der Waals surface area (Å²) >= 11 is 0. The SMILES string of the molecule is C=C/C(C)=C(\CN1CCOCC1)N1C=C(C2=CCCC=C2)C=CC1=C. The Bertz CT molecular complexity index is 685. The van der Waals surface area contributed by atoms with Crippen molar-refractivity contribution >= 4 is 0 Å². The van der Waals surface area contributed by atoms with Crippen LogP contribution in [0.5, 0.6) is 0 Å². The van der Waals surface area contributed by atoms with Crippen LogP contribution in [0, 0.1) is 0 Å². The van der Waals surface area contributed by atoms with E-state index < -0.39 is 0 Å². The normalized spacial score (nSPS) is 22.4. The molecule has 0 saturated carbocycles. The number of allylic oxidation sites excluding steroid dienone is 9. The molecule has 1 saturated heterocycles. The Kier molecular flexibility index (Phi) is 5.90. The van der Waals surface area contributed by atoms with Gasteiger partial charge in [0.25, 0.3) is 0 Å². The van der Waals surface area contributed by atoms with Gasteiger partial charge in [-0.3, -0.25) is 4.90 Å². The predicted molar refractivity (Wildman–Crippen MR) is 105 cm³/mol. The van der Waals surface area contributed by atoms with E-state index in [0.29, 0.717) is 0 Å². The Morgan fingerprint density at radius 3 is 2.64 bits per heavy atom. The molecule has 1 fully saturated rings. The van der Waals surface area contributed by atoms with Crippen LogP contribution < -0.4 is 0 Å². The molecule has 3 rings (SSSR count). The molecule has 25 heavy (non-hydrogen) atoms. The molecule has 0 aromatic carbocycles. The summed E-state index contributed by atoms with van der Waals surface area (Å²) in [6.45, 7) is 14.8. The van der Waals surface area contributed by atoms with Gasteiger partial charge >= 0.3 is 0 Å². The zero-order chi connectivity index (χ0) is 17.6. The Morgan fingerprint density at radius 2 is 1.96 bits per heavy atom. The lowest BCUT2D eigenvalue weighted by atomic mass is 9.97. The van der Waals surface area contributed by atoms with Gasteiger partial charge in [-0.25, -0.2) is 0 Å². The second-order valence-electron chi connectivity index (χ2n) is 6.64. The van der Waals surface area contributed by atoms with Crippen LogP contribution in [0.4, 0.5) is 0 Å². The first kappa shape index (κ1) is 17.7. The van der Waals surface area contributed by atoms with E-state index in [9.17, 15) is 0 Å². The smallest absolute Gasteiger partial charge is 0.0594 e. The lowest BCUT2D eigenvalue weighted by Crippen LogP contribution is -2.39. The summed E-state index contributed by atoms with van der Waals surface area (Å²) in [5, 5.41) is 0. The maximum absolute atomic E-state index is 5.48. The average Bonchev–Trinajstić information content (AvgIpc) is 2.67. The summed E-state index contributed by atoms with van der Waals surface area (Å²) in [5.74, 6) is 0. The van der Waals surface area contributed by atoms with Crippen LogP contribution >= 0.6 is 0 Å². The van der Waals surface area contributed by atoms with Crippen molar-refractivity contribution in [3.8, 4) is 0 Å². The van der Waals surface area contributed by atoms with E-state index in [4.69, 9.17) is 4.74 Å². The van der Waals surface area contributed by atoms with Crippen molar-refractivity contribution in [2.24, 2.45) is 0 Å². The fourth-order valence-corrected chi connectivity index (χ4v) is 3.26. The Hall–Kier alpha value is -2.10. The van der Waals surface area contributed by atoms with E-state index in [2.05, 4.69) is 66.5 Å². The number of ether oxygens (including phenoxy) is 1. The van der Waals surface area contributed by atoms with Crippen molar-refractivity contribution in [2.45, 2.75) is 19.8 Å². The van der Waals surface area contributed by atoms with Crippen molar-refractivity contribution in [3.63, 3.8) is 0 Å². The maximum Gasteiger partial charge on any atom is 0.0594 e. The van der Waals surface area contributed by atoms with Crippen LogP contribution in [0.15, 0.2) is 83.9 Å². The second kappa shape index (κ2) is 8.32. The number of rotatable bonds is 5. The first-order chi connectivity index (χ1) is 12.2. The van der Waals surface area contributed by atoms with Gasteiger partial charge in [0.05, 0.1) is 13.2 Å². The number of nitrogens with zero attached hydrogens (tertiary/aromatic N) is 2. The molecule has 0 radical (unpaired) electrons. The van der Waals surface area contributed by atoms with E-state index in [1.54, 1.807) is 0 Å². The molecule has 0 aromatic rings. The van der Waals surface area contributed by atoms with Gasteiger partial charge in [-0.15, -0.1) is 0 Å². The molecule has 0 aromatic heterocycles. The van der Waals surface area contributed by atoms with E-state index in [1.807, 2.05) is 6.08 Å². The summed E-state index contributed by atoms with van der Waals surface area (Å²) in [4.78, 5) is 4.66. The quantitative estimate of drug-likeness (QED) is 0.695. The highest BCUT2D eigenvalue weighted by atomic mass is 16.5. The van der Waals surface area contributed by atoms with Gasteiger partial charge in [-0.05, 0) is 42.6 Å². The third kappa shape index (κ3) is 4.30. The number of hydrogen-bond acceptors (Lipinski definition) is 3. The van der Waals surface area contributed by atoms with Crippen LogP contribution in [-0.4, -0.2) is 42.6 Å². The molecule has 0 atom stereocenters. The first-order valence-electron chi connectivity index (χ1n) is 9.06. The summed E-state index contributed by atoms with van der Waals surface area (Å²) < 4.78 is 5.48. The third-order valence-corrected chi connectivity index (χ3v) is 4.89. The highest BCUT2D eigenvalue weighted by Crippen LogP contribution is 2.29. The minimum absolute atomic E-state index is 0.806. The summed E-state index contributed by atoms with van der Waals surface area (Å²) in [7, 11) is 0. The third-order valence-electron chi connectivity index (χ3n) is 4.89. The Labute approximate surface area is 151 Å². The predicted octanol–water partition coefficient (Wildman–Crippen LogP) is 4.32. The standard InChI is InChI=1S/C22H28N2O/c1-4-18(2)22(17-23-12-14-25-15-13-23)24-16-21(11-10-19(24)3)20-8-6-5-7-9-20/h4,6,8-11,16H,1,3,5,7,12-15,17H2,2H3/b22-18+. The zero-order valence-corrected chi connectivity index (χ0v) is 15.2. The minimum Gasteiger partial charge on any atom is -0.379 e. The van der Waals surface area contributed by atoms with Crippen LogP contribution in [0.2, 0.25) is 0 Å². The monoisotopic (exact) mass is 336 g/mol. The first-order valence-corrected chi connectivity index (χ1v) is 9.06. The average molecular weight is 336 g/mol. The van der Waals surface area contributed by atoms with Crippen LogP contribution in [-0.2, 0) is 4.74 Å². The molecule has 2 heterocycles. The van der Waals surface area contributed by atoms with Crippen LogP contribution in [0.25, 0.3) is 0 Å². The van der Waals surface area contributed by atoms with Gasteiger partial charge in [0.1, 0.15) is 0 Å².